The smallest absolute Gasteiger partial charge is 0.348 e. The van der Waals surface area contributed by atoms with Gasteiger partial charge in [-0.25, -0.2) is 4.79 Å². The molecule has 16 heavy (non-hydrogen) atoms. The van der Waals surface area contributed by atoms with Crippen LogP contribution in [0.25, 0.3) is 0 Å². The van der Waals surface area contributed by atoms with Crippen LogP contribution in [0.3, 0.4) is 0 Å². The van der Waals surface area contributed by atoms with Crippen molar-refractivity contribution in [3.8, 4) is 0 Å². The maximum absolute atomic E-state index is 11.4. The van der Waals surface area contributed by atoms with Gasteiger partial charge in [0.1, 0.15) is 11.5 Å². The number of hydrogen-bond donors (Lipinski definition) is 2. The van der Waals surface area contributed by atoms with Gasteiger partial charge in [0.05, 0.1) is 5.69 Å². The summed E-state index contributed by atoms with van der Waals surface area (Å²) in [5.41, 5.74) is 1.11. The first-order valence-electron chi connectivity index (χ1n) is 4.75. The Hall–Kier alpha value is -1.40. The van der Waals surface area contributed by atoms with Gasteiger partial charge in [0.25, 0.3) is 0 Å². The standard InChI is InChI=1S/C10H13NO4S/c1-3-15-4-7(12)11-8-6(2)5-16-9(8)10(13)14/h5H,3-4H2,1-2H3,(H,11,12)(H,13,14). The zero-order valence-corrected chi connectivity index (χ0v) is 9.89. The van der Waals surface area contributed by atoms with Gasteiger partial charge in [-0.15, -0.1) is 11.3 Å². The highest BCUT2D eigenvalue weighted by Crippen LogP contribution is 2.27. The lowest BCUT2D eigenvalue weighted by atomic mass is 10.2. The second-order valence-electron chi connectivity index (χ2n) is 3.11. The van der Waals surface area contributed by atoms with Crippen molar-refractivity contribution in [2.45, 2.75) is 13.8 Å². The van der Waals surface area contributed by atoms with Crippen molar-refractivity contribution >= 4 is 28.9 Å². The fourth-order valence-electron chi connectivity index (χ4n) is 1.13. The third-order valence-electron chi connectivity index (χ3n) is 1.87. The Labute approximate surface area is 97.0 Å². The predicted molar refractivity (Wildman–Crippen MR) is 61.1 cm³/mol. The molecule has 88 valence electrons. The molecule has 1 rings (SSSR count). The lowest BCUT2D eigenvalue weighted by molar-refractivity contribution is -0.120. The van der Waals surface area contributed by atoms with E-state index in [0.29, 0.717) is 12.3 Å². The van der Waals surface area contributed by atoms with Crippen LogP contribution < -0.4 is 5.32 Å². The van der Waals surface area contributed by atoms with Gasteiger partial charge in [-0.05, 0) is 24.8 Å². The fraction of sp³-hybridized carbons (Fsp3) is 0.400. The van der Waals surface area contributed by atoms with Gasteiger partial charge < -0.3 is 15.2 Å². The molecule has 5 nitrogen and oxygen atoms in total. The Kier molecular flexibility index (Phi) is 4.45. The van der Waals surface area contributed by atoms with E-state index in [1.807, 2.05) is 0 Å². The van der Waals surface area contributed by atoms with Crippen molar-refractivity contribution in [3.63, 3.8) is 0 Å². The predicted octanol–water partition coefficient (Wildman–Crippen LogP) is 1.73. The molecule has 6 heteroatoms. The first kappa shape index (κ1) is 12.7. The summed E-state index contributed by atoms with van der Waals surface area (Å²) >= 11 is 1.10. The number of carbonyl (C=O) groups excluding carboxylic acids is 1. The lowest BCUT2D eigenvalue weighted by Crippen LogP contribution is -2.19. The van der Waals surface area contributed by atoms with Gasteiger partial charge in [0, 0.05) is 6.61 Å². The average molecular weight is 243 g/mol. The number of amides is 1. The van der Waals surface area contributed by atoms with Gasteiger partial charge >= 0.3 is 5.97 Å². The van der Waals surface area contributed by atoms with Crippen LogP contribution in [0.1, 0.15) is 22.2 Å². The van der Waals surface area contributed by atoms with Crippen molar-refractivity contribution in [2.75, 3.05) is 18.5 Å². The number of carbonyl (C=O) groups is 2. The van der Waals surface area contributed by atoms with E-state index in [4.69, 9.17) is 9.84 Å². The molecular formula is C10H13NO4S. The molecule has 0 bridgehead atoms. The Balaban J connectivity index is 2.76. The molecule has 0 aromatic carbocycles. The number of aromatic carboxylic acids is 1. The van der Waals surface area contributed by atoms with Gasteiger partial charge in [0.15, 0.2) is 0 Å². The quantitative estimate of drug-likeness (QED) is 0.825. The summed E-state index contributed by atoms with van der Waals surface area (Å²) in [6.07, 6.45) is 0. The molecular weight excluding hydrogens is 230 g/mol. The van der Waals surface area contributed by atoms with E-state index < -0.39 is 5.97 Å². The van der Waals surface area contributed by atoms with Crippen LogP contribution in [0, 0.1) is 6.92 Å². The number of aryl methyl sites for hydroxylation is 1. The number of nitrogens with one attached hydrogen (secondary N) is 1. The van der Waals surface area contributed by atoms with Crippen LogP contribution in [0.5, 0.6) is 0 Å². The molecule has 1 aromatic rings. The van der Waals surface area contributed by atoms with E-state index in [1.54, 1.807) is 19.2 Å². The Morgan fingerprint density at radius 1 is 1.56 bits per heavy atom. The van der Waals surface area contributed by atoms with Gasteiger partial charge in [-0.1, -0.05) is 0 Å². The molecule has 0 radical (unpaired) electrons. The monoisotopic (exact) mass is 243 g/mol. The van der Waals surface area contributed by atoms with Crippen molar-refractivity contribution in [2.24, 2.45) is 0 Å². The van der Waals surface area contributed by atoms with Gasteiger partial charge in [0.2, 0.25) is 5.91 Å². The number of thiophene rings is 1. The van der Waals surface area contributed by atoms with Gasteiger partial charge in [-0.2, -0.15) is 0 Å². The minimum atomic E-state index is -1.04. The first-order chi connectivity index (χ1) is 7.56. The molecule has 0 aliphatic rings. The summed E-state index contributed by atoms with van der Waals surface area (Å²) in [7, 11) is 0. The van der Waals surface area contributed by atoms with E-state index in [2.05, 4.69) is 5.32 Å². The third kappa shape index (κ3) is 3.04. The number of hydrogen-bond acceptors (Lipinski definition) is 4. The highest BCUT2D eigenvalue weighted by atomic mass is 32.1. The highest BCUT2D eigenvalue weighted by molar-refractivity contribution is 7.12. The minimum Gasteiger partial charge on any atom is -0.477 e. The molecule has 0 spiro atoms. The zero-order valence-electron chi connectivity index (χ0n) is 9.07. The maximum atomic E-state index is 11.4. The molecule has 1 amide bonds. The van der Waals surface area contributed by atoms with E-state index in [1.165, 1.54) is 0 Å². The average Bonchev–Trinajstić information content (AvgIpc) is 2.58. The molecule has 0 atom stereocenters. The summed E-state index contributed by atoms with van der Waals surface area (Å²) in [5.74, 6) is -1.38. The summed E-state index contributed by atoms with van der Waals surface area (Å²) in [4.78, 5) is 22.4. The minimum absolute atomic E-state index is 0.0646. The number of carboxylic acids is 1. The van der Waals surface area contributed by atoms with Crippen molar-refractivity contribution < 1.29 is 19.4 Å². The summed E-state index contributed by atoms with van der Waals surface area (Å²) < 4.78 is 4.93. The molecule has 0 saturated carbocycles. The zero-order chi connectivity index (χ0) is 12.1. The maximum Gasteiger partial charge on any atom is 0.348 e. The number of ether oxygens (including phenoxy) is 1. The van der Waals surface area contributed by atoms with E-state index in [9.17, 15) is 9.59 Å². The van der Waals surface area contributed by atoms with Crippen molar-refractivity contribution in [1.29, 1.82) is 0 Å². The Bertz CT molecular complexity index is 400. The number of carboxylic acid groups (broad SMARTS) is 1. The highest BCUT2D eigenvalue weighted by Gasteiger charge is 2.16. The Morgan fingerprint density at radius 3 is 2.81 bits per heavy atom. The number of rotatable bonds is 5. The van der Waals surface area contributed by atoms with Crippen molar-refractivity contribution in [3.05, 3.63) is 15.8 Å². The van der Waals surface area contributed by atoms with Gasteiger partial charge in [-0.3, -0.25) is 4.79 Å². The van der Waals surface area contributed by atoms with Crippen LogP contribution >= 0.6 is 11.3 Å². The largest absolute Gasteiger partial charge is 0.477 e. The van der Waals surface area contributed by atoms with Crippen LogP contribution in [0.15, 0.2) is 5.38 Å². The first-order valence-corrected chi connectivity index (χ1v) is 5.63. The summed E-state index contributed by atoms with van der Waals surface area (Å²) in [6, 6.07) is 0. The second kappa shape index (κ2) is 5.62. The lowest BCUT2D eigenvalue weighted by Gasteiger charge is -2.05. The second-order valence-corrected chi connectivity index (χ2v) is 3.99. The molecule has 1 heterocycles. The van der Waals surface area contributed by atoms with E-state index in [0.717, 1.165) is 16.9 Å². The van der Waals surface area contributed by atoms with Crippen LogP contribution in [0.2, 0.25) is 0 Å². The van der Waals surface area contributed by atoms with Crippen LogP contribution in [0.4, 0.5) is 5.69 Å². The summed E-state index contributed by atoms with van der Waals surface area (Å²) in [5, 5.41) is 13.1. The Morgan fingerprint density at radius 2 is 2.25 bits per heavy atom. The topological polar surface area (TPSA) is 75.6 Å². The molecule has 0 fully saturated rings. The molecule has 0 saturated heterocycles. The third-order valence-corrected chi connectivity index (χ3v) is 2.96. The molecule has 2 N–H and O–H groups in total. The molecule has 0 aliphatic carbocycles. The molecule has 0 unspecified atom stereocenters. The van der Waals surface area contributed by atoms with E-state index in [-0.39, 0.29) is 17.4 Å². The SMILES string of the molecule is CCOCC(=O)Nc1c(C)csc1C(=O)O. The molecule has 0 aliphatic heterocycles. The molecule has 1 aromatic heterocycles. The summed E-state index contributed by atoms with van der Waals surface area (Å²) in [6.45, 7) is 3.91. The normalized spacial score (nSPS) is 10.1. The van der Waals surface area contributed by atoms with Crippen LogP contribution in [-0.4, -0.2) is 30.2 Å². The number of anilines is 1. The fourth-order valence-corrected chi connectivity index (χ4v) is 1.97. The van der Waals surface area contributed by atoms with Crippen molar-refractivity contribution in [1.82, 2.24) is 0 Å². The van der Waals surface area contributed by atoms with E-state index >= 15 is 0 Å². The van der Waals surface area contributed by atoms with Crippen LogP contribution in [-0.2, 0) is 9.53 Å².